The number of anilines is 3. The van der Waals surface area contributed by atoms with E-state index in [0.717, 1.165) is 117 Å². The molecule has 0 aliphatic carbocycles. The molecule has 11 nitrogen and oxygen atoms in total. The van der Waals surface area contributed by atoms with Gasteiger partial charge in [-0.2, -0.15) is 0 Å². The fourth-order valence-electron chi connectivity index (χ4n) is 6.66. The highest BCUT2D eigenvalue weighted by Gasteiger charge is 2.22. The first-order valence-electron chi connectivity index (χ1n) is 15.8. The standard InChI is InChI=1S/C34H36N8O2.CH4O/c1-39-30-11-10-28(19-31(30)40(2)34(39)44)42-15-3-4-24-18-29(36-21-32(24)42)25-6-8-26(35-20-25)7-5-23-13-16-41(17-14-23)33-12-9-27(22-43)37-38-33;1-2/h6,8-12,18-23H,3-5,7,13-17H2,1-2H3;2H,1H3. The molecule has 5 aromatic rings. The van der Waals surface area contributed by atoms with E-state index in [2.05, 4.69) is 50.3 Å². The van der Waals surface area contributed by atoms with E-state index in [-0.39, 0.29) is 5.69 Å². The largest absolute Gasteiger partial charge is 0.400 e. The fourth-order valence-corrected chi connectivity index (χ4v) is 6.66. The molecule has 0 bridgehead atoms. The van der Waals surface area contributed by atoms with Gasteiger partial charge in [-0.15, -0.1) is 10.2 Å². The zero-order chi connectivity index (χ0) is 32.2. The lowest BCUT2D eigenvalue weighted by molar-refractivity contribution is 0.111. The van der Waals surface area contributed by atoms with Crippen LogP contribution in [-0.4, -0.2) is 67.4 Å². The van der Waals surface area contributed by atoms with Crippen molar-refractivity contribution in [1.82, 2.24) is 29.3 Å². The molecule has 0 spiro atoms. The summed E-state index contributed by atoms with van der Waals surface area (Å²) in [5, 5.41) is 15.2. The number of hydrogen-bond donors (Lipinski definition) is 1. The van der Waals surface area contributed by atoms with Crippen LogP contribution in [0.2, 0.25) is 0 Å². The van der Waals surface area contributed by atoms with Gasteiger partial charge in [-0.1, -0.05) is 0 Å². The molecule has 6 heterocycles. The molecule has 2 aliphatic heterocycles. The van der Waals surface area contributed by atoms with Gasteiger partial charge < -0.3 is 14.9 Å². The lowest BCUT2D eigenvalue weighted by atomic mass is 9.91. The number of aliphatic hydroxyl groups excluding tert-OH is 1. The fraction of sp³-hybridized carbons (Fsp3) is 0.371. The molecule has 0 saturated carbocycles. The van der Waals surface area contributed by atoms with Gasteiger partial charge in [0.15, 0.2) is 12.1 Å². The van der Waals surface area contributed by atoms with Crippen LogP contribution in [0.15, 0.2) is 65.7 Å². The van der Waals surface area contributed by atoms with Gasteiger partial charge in [-0.05, 0) is 98.5 Å². The van der Waals surface area contributed by atoms with Crippen LogP contribution in [0.5, 0.6) is 0 Å². The number of aryl methyl sites for hydroxylation is 4. The van der Waals surface area contributed by atoms with E-state index in [4.69, 9.17) is 15.1 Å². The van der Waals surface area contributed by atoms with E-state index < -0.39 is 0 Å². The Labute approximate surface area is 268 Å². The first-order valence-corrected chi connectivity index (χ1v) is 15.8. The van der Waals surface area contributed by atoms with Crippen molar-refractivity contribution in [3.63, 3.8) is 0 Å². The van der Waals surface area contributed by atoms with Crippen molar-refractivity contribution in [1.29, 1.82) is 0 Å². The second kappa shape index (κ2) is 13.6. The van der Waals surface area contributed by atoms with E-state index in [0.29, 0.717) is 11.6 Å². The van der Waals surface area contributed by atoms with Crippen molar-refractivity contribution in [3.05, 3.63) is 88.4 Å². The summed E-state index contributed by atoms with van der Waals surface area (Å²) in [7, 11) is 4.64. The highest BCUT2D eigenvalue weighted by molar-refractivity contribution is 5.83. The predicted molar refractivity (Wildman–Crippen MR) is 180 cm³/mol. The van der Waals surface area contributed by atoms with Crippen LogP contribution in [0.25, 0.3) is 22.3 Å². The molecule has 4 aromatic heterocycles. The van der Waals surface area contributed by atoms with E-state index in [1.807, 2.05) is 38.6 Å². The number of aldehydes is 1. The van der Waals surface area contributed by atoms with Gasteiger partial charge in [-0.3, -0.25) is 23.9 Å². The smallest absolute Gasteiger partial charge is 0.328 e. The zero-order valence-corrected chi connectivity index (χ0v) is 26.6. The van der Waals surface area contributed by atoms with Gasteiger partial charge in [-0.25, -0.2) is 4.79 Å². The summed E-state index contributed by atoms with van der Waals surface area (Å²) < 4.78 is 3.40. The topological polar surface area (TPSA) is 122 Å². The molecular weight excluding hydrogens is 580 g/mol. The SMILES string of the molecule is CO.Cn1c(=O)n(C)c2cc(N3CCCc4cc(-c5ccc(CCC6CCN(c7ccc(C=O)nn7)CC6)nc5)ncc43)ccc21. The molecule has 1 fully saturated rings. The number of benzene rings is 1. The molecule has 0 unspecified atom stereocenters. The van der Waals surface area contributed by atoms with Crippen molar-refractivity contribution in [2.45, 2.75) is 38.5 Å². The molecule has 11 heteroatoms. The number of aromatic nitrogens is 6. The number of carbonyl (C=O) groups excluding carboxylic acids is 1. The lowest BCUT2D eigenvalue weighted by Crippen LogP contribution is -2.34. The Morgan fingerprint density at radius 2 is 1.70 bits per heavy atom. The molecule has 0 atom stereocenters. The summed E-state index contributed by atoms with van der Waals surface area (Å²) >= 11 is 0. The molecule has 2 aliphatic rings. The van der Waals surface area contributed by atoms with Crippen LogP contribution in [0.3, 0.4) is 0 Å². The molecule has 0 radical (unpaired) electrons. The second-order valence-corrected chi connectivity index (χ2v) is 12.0. The Kier molecular flexibility index (Phi) is 9.20. The van der Waals surface area contributed by atoms with Gasteiger partial charge in [0.05, 0.1) is 28.6 Å². The van der Waals surface area contributed by atoms with Crippen molar-refractivity contribution >= 4 is 34.5 Å². The summed E-state index contributed by atoms with van der Waals surface area (Å²) in [6, 6.07) is 16.3. The second-order valence-electron chi connectivity index (χ2n) is 12.0. The minimum atomic E-state index is -0.0152. The van der Waals surface area contributed by atoms with Crippen LogP contribution >= 0.6 is 0 Å². The van der Waals surface area contributed by atoms with E-state index in [9.17, 15) is 9.59 Å². The maximum atomic E-state index is 12.4. The number of piperidine rings is 1. The number of imidazole rings is 1. The number of hydrogen-bond acceptors (Lipinski definition) is 9. The third kappa shape index (κ3) is 6.15. The molecule has 1 aromatic carbocycles. The third-order valence-electron chi connectivity index (χ3n) is 9.31. The molecule has 0 amide bonds. The van der Waals surface area contributed by atoms with E-state index >= 15 is 0 Å². The normalized spacial score (nSPS) is 15.0. The van der Waals surface area contributed by atoms with Gasteiger partial charge in [0.1, 0.15) is 5.69 Å². The van der Waals surface area contributed by atoms with Crippen molar-refractivity contribution in [2.24, 2.45) is 20.0 Å². The Morgan fingerprint density at radius 3 is 2.41 bits per heavy atom. The quantitative estimate of drug-likeness (QED) is 0.263. The minimum absolute atomic E-state index is 0.0152. The minimum Gasteiger partial charge on any atom is -0.400 e. The Morgan fingerprint density at radius 1 is 0.891 bits per heavy atom. The van der Waals surface area contributed by atoms with Crippen molar-refractivity contribution < 1.29 is 9.90 Å². The highest BCUT2D eigenvalue weighted by atomic mass is 16.2. The molecule has 1 N–H and O–H groups in total. The molecular formula is C35H40N8O3. The van der Waals surface area contributed by atoms with E-state index in [1.54, 1.807) is 15.2 Å². The lowest BCUT2D eigenvalue weighted by Gasteiger charge is -2.32. The Bertz CT molecular complexity index is 1870. The van der Waals surface area contributed by atoms with Crippen LogP contribution in [0, 0.1) is 5.92 Å². The number of fused-ring (bicyclic) bond motifs is 2. The van der Waals surface area contributed by atoms with Crippen LogP contribution in [0.1, 0.15) is 47.4 Å². The maximum absolute atomic E-state index is 12.4. The third-order valence-corrected chi connectivity index (χ3v) is 9.31. The zero-order valence-electron chi connectivity index (χ0n) is 26.6. The molecule has 46 heavy (non-hydrogen) atoms. The first-order chi connectivity index (χ1) is 22.5. The highest BCUT2D eigenvalue weighted by Crippen LogP contribution is 2.36. The number of rotatable bonds is 7. The Balaban J connectivity index is 0.00000182. The average molecular weight is 621 g/mol. The predicted octanol–water partition coefficient (Wildman–Crippen LogP) is 4.48. The molecule has 238 valence electrons. The number of aliphatic hydroxyl groups is 1. The van der Waals surface area contributed by atoms with Gasteiger partial charge in [0, 0.05) is 64.0 Å². The Hall–Kier alpha value is -4.90. The molecule has 7 rings (SSSR count). The van der Waals surface area contributed by atoms with Crippen molar-refractivity contribution in [2.75, 3.05) is 36.5 Å². The van der Waals surface area contributed by atoms with Gasteiger partial charge >= 0.3 is 5.69 Å². The van der Waals surface area contributed by atoms with Crippen molar-refractivity contribution in [3.8, 4) is 11.3 Å². The van der Waals surface area contributed by atoms with E-state index in [1.165, 1.54) is 5.56 Å². The summed E-state index contributed by atoms with van der Waals surface area (Å²) in [5.41, 5.74) is 8.79. The summed E-state index contributed by atoms with van der Waals surface area (Å²) in [6.07, 6.45) is 11.0. The monoisotopic (exact) mass is 620 g/mol. The molecule has 1 saturated heterocycles. The number of nitrogens with zero attached hydrogens (tertiary/aromatic N) is 8. The van der Waals surface area contributed by atoms with Crippen LogP contribution in [0.4, 0.5) is 17.2 Å². The average Bonchev–Trinajstić information content (AvgIpc) is 3.34. The summed E-state index contributed by atoms with van der Waals surface area (Å²) in [4.78, 5) is 37.5. The van der Waals surface area contributed by atoms with Crippen LogP contribution < -0.4 is 15.5 Å². The van der Waals surface area contributed by atoms with Crippen LogP contribution in [-0.2, 0) is 26.9 Å². The number of pyridine rings is 2. The maximum Gasteiger partial charge on any atom is 0.328 e. The first kappa shape index (κ1) is 31.1. The summed E-state index contributed by atoms with van der Waals surface area (Å²) in [5.74, 6) is 1.50. The van der Waals surface area contributed by atoms with Gasteiger partial charge in [0.25, 0.3) is 0 Å². The summed E-state index contributed by atoms with van der Waals surface area (Å²) in [6.45, 7) is 2.82. The number of carbonyl (C=O) groups is 1. The van der Waals surface area contributed by atoms with Gasteiger partial charge in [0.2, 0.25) is 0 Å².